The van der Waals surface area contributed by atoms with Crippen LogP contribution in [0.5, 0.6) is 0 Å². The first-order valence-corrected chi connectivity index (χ1v) is 6.19. The summed E-state index contributed by atoms with van der Waals surface area (Å²) in [5.74, 6) is 5.58. The van der Waals surface area contributed by atoms with Crippen LogP contribution in [-0.2, 0) is 13.5 Å². The molecule has 0 bridgehead atoms. The second kappa shape index (κ2) is 5.25. The molecule has 86 valence electrons. The van der Waals surface area contributed by atoms with Crippen molar-refractivity contribution in [1.82, 2.24) is 15.0 Å². The van der Waals surface area contributed by atoms with Crippen LogP contribution in [0, 0.1) is 0 Å². The summed E-state index contributed by atoms with van der Waals surface area (Å²) in [5.41, 5.74) is 5.34. The van der Waals surface area contributed by atoms with E-state index in [1.54, 1.807) is 17.7 Å². The van der Waals surface area contributed by atoms with Gasteiger partial charge >= 0.3 is 0 Å². The van der Waals surface area contributed by atoms with Gasteiger partial charge in [0.25, 0.3) is 0 Å². The summed E-state index contributed by atoms with van der Waals surface area (Å²) < 4.78 is 2.00. The van der Waals surface area contributed by atoms with Gasteiger partial charge in [0.05, 0.1) is 18.1 Å². The van der Waals surface area contributed by atoms with Crippen LogP contribution in [0.1, 0.15) is 23.7 Å². The van der Waals surface area contributed by atoms with Gasteiger partial charge in [-0.15, -0.1) is 0 Å². The van der Waals surface area contributed by atoms with Crippen LogP contribution < -0.4 is 11.3 Å². The molecule has 0 aliphatic rings. The zero-order valence-corrected chi connectivity index (χ0v) is 10.1. The Labute approximate surface area is 99.1 Å². The van der Waals surface area contributed by atoms with Gasteiger partial charge in [-0.1, -0.05) is 0 Å². The van der Waals surface area contributed by atoms with Crippen LogP contribution in [0.4, 0.5) is 0 Å². The van der Waals surface area contributed by atoms with Gasteiger partial charge < -0.3 is 4.57 Å². The van der Waals surface area contributed by atoms with Gasteiger partial charge in [-0.25, -0.2) is 4.98 Å². The van der Waals surface area contributed by atoms with Crippen LogP contribution in [0.25, 0.3) is 0 Å². The minimum Gasteiger partial charge on any atom is -0.336 e. The molecule has 0 aromatic carbocycles. The number of hydrazine groups is 1. The maximum absolute atomic E-state index is 5.58. The Bertz CT molecular complexity index is 421. The molecule has 4 nitrogen and oxygen atoms in total. The Morgan fingerprint density at radius 3 is 3.06 bits per heavy atom. The van der Waals surface area contributed by atoms with E-state index in [0.717, 1.165) is 18.5 Å². The predicted octanol–water partition coefficient (Wildman–Crippen LogP) is 1.62. The highest BCUT2D eigenvalue weighted by molar-refractivity contribution is 7.07. The quantitative estimate of drug-likeness (QED) is 0.612. The van der Waals surface area contributed by atoms with E-state index in [0.29, 0.717) is 0 Å². The number of nitrogens with zero attached hydrogens (tertiary/aromatic N) is 2. The second-order valence-electron chi connectivity index (χ2n) is 3.82. The summed E-state index contributed by atoms with van der Waals surface area (Å²) in [5, 5.41) is 4.28. The first-order valence-electron chi connectivity index (χ1n) is 5.24. The van der Waals surface area contributed by atoms with Crippen molar-refractivity contribution in [2.45, 2.75) is 18.9 Å². The molecule has 1 atom stereocenters. The van der Waals surface area contributed by atoms with E-state index in [1.165, 1.54) is 5.56 Å². The number of aryl methyl sites for hydroxylation is 2. The zero-order chi connectivity index (χ0) is 11.4. The number of hydrogen-bond donors (Lipinski definition) is 2. The van der Waals surface area contributed by atoms with Crippen molar-refractivity contribution < 1.29 is 0 Å². The van der Waals surface area contributed by atoms with E-state index < -0.39 is 0 Å². The Morgan fingerprint density at radius 1 is 1.62 bits per heavy atom. The highest BCUT2D eigenvalue weighted by Crippen LogP contribution is 2.18. The molecule has 16 heavy (non-hydrogen) atoms. The summed E-state index contributed by atoms with van der Waals surface area (Å²) >= 11 is 1.73. The van der Waals surface area contributed by atoms with Crippen molar-refractivity contribution in [3.8, 4) is 0 Å². The third-order valence-corrected chi connectivity index (χ3v) is 3.45. The fraction of sp³-hybridized carbons (Fsp3) is 0.364. The maximum atomic E-state index is 5.58. The summed E-state index contributed by atoms with van der Waals surface area (Å²) in [7, 11) is 1.98. The average Bonchev–Trinajstić information content (AvgIpc) is 2.92. The highest BCUT2D eigenvalue weighted by atomic mass is 32.1. The Balaban J connectivity index is 1.99. The summed E-state index contributed by atoms with van der Waals surface area (Å²) in [6.07, 6.45) is 5.67. The van der Waals surface area contributed by atoms with E-state index in [1.807, 2.05) is 17.8 Å². The van der Waals surface area contributed by atoms with Gasteiger partial charge in [0.15, 0.2) is 0 Å². The monoisotopic (exact) mass is 236 g/mol. The average molecular weight is 236 g/mol. The van der Waals surface area contributed by atoms with Crippen molar-refractivity contribution in [3.05, 3.63) is 40.6 Å². The summed E-state index contributed by atoms with van der Waals surface area (Å²) in [6, 6.07) is 2.31. The molecular formula is C11H16N4S. The molecule has 0 radical (unpaired) electrons. The number of thiophene rings is 1. The Morgan fingerprint density at radius 2 is 2.50 bits per heavy atom. The van der Waals surface area contributed by atoms with Gasteiger partial charge in [0.2, 0.25) is 0 Å². The molecule has 2 aromatic heterocycles. The number of imidazole rings is 1. The predicted molar refractivity (Wildman–Crippen MR) is 65.9 cm³/mol. The number of rotatable bonds is 5. The minimum absolute atomic E-state index is 0.160. The molecule has 2 rings (SSSR count). The lowest BCUT2D eigenvalue weighted by Crippen LogP contribution is -2.29. The molecule has 0 aliphatic heterocycles. The highest BCUT2D eigenvalue weighted by Gasteiger charge is 2.12. The molecule has 5 heteroatoms. The van der Waals surface area contributed by atoms with Gasteiger partial charge in [0, 0.05) is 13.2 Å². The third-order valence-electron chi connectivity index (χ3n) is 2.71. The number of nitrogens with one attached hydrogen (secondary N) is 1. The van der Waals surface area contributed by atoms with Crippen LogP contribution in [0.3, 0.4) is 0 Å². The molecule has 0 saturated heterocycles. The first kappa shape index (κ1) is 11.3. The molecule has 0 spiro atoms. The van der Waals surface area contributed by atoms with Gasteiger partial charge in [0.1, 0.15) is 0 Å². The Hall–Kier alpha value is -1.17. The van der Waals surface area contributed by atoms with Crippen LogP contribution in [-0.4, -0.2) is 9.55 Å². The van der Waals surface area contributed by atoms with Gasteiger partial charge in [-0.2, -0.15) is 11.3 Å². The van der Waals surface area contributed by atoms with Crippen molar-refractivity contribution in [2.75, 3.05) is 0 Å². The molecular weight excluding hydrogens is 220 g/mol. The maximum Gasteiger partial charge on any atom is 0.0946 e. The molecule has 1 unspecified atom stereocenters. The molecule has 2 heterocycles. The second-order valence-corrected chi connectivity index (χ2v) is 4.60. The van der Waals surface area contributed by atoms with Crippen molar-refractivity contribution in [3.63, 3.8) is 0 Å². The van der Waals surface area contributed by atoms with Crippen LogP contribution in [0.15, 0.2) is 29.4 Å². The molecule has 0 saturated carbocycles. The lowest BCUT2D eigenvalue weighted by atomic mass is 10.1. The van der Waals surface area contributed by atoms with E-state index >= 15 is 0 Å². The largest absolute Gasteiger partial charge is 0.336 e. The number of aromatic nitrogens is 2. The first-order chi connectivity index (χ1) is 7.81. The summed E-state index contributed by atoms with van der Waals surface area (Å²) in [4.78, 5) is 4.11. The molecule has 0 fully saturated rings. The third kappa shape index (κ3) is 2.49. The van der Waals surface area contributed by atoms with Crippen LogP contribution >= 0.6 is 11.3 Å². The SMILES string of the molecule is Cn1cncc1C(CCc1ccsc1)NN. The zero-order valence-electron chi connectivity index (χ0n) is 9.26. The number of nitrogens with two attached hydrogens (primary N) is 1. The number of hydrogen-bond acceptors (Lipinski definition) is 4. The fourth-order valence-electron chi connectivity index (χ4n) is 1.77. The molecule has 0 amide bonds. The topological polar surface area (TPSA) is 55.9 Å². The Kier molecular flexibility index (Phi) is 3.71. The van der Waals surface area contributed by atoms with Crippen molar-refractivity contribution in [1.29, 1.82) is 0 Å². The molecule has 3 N–H and O–H groups in total. The van der Waals surface area contributed by atoms with E-state index in [2.05, 4.69) is 27.2 Å². The standard InChI is InChI=1S/C11H16N4S/c1-15-8-13-6-11(15)10(14-12)3-2-9-4-5-16-7-9/h4-8,10,14H,2-3,12H2,1H3. The fourth-order valence-corrected chi connectivity index (χ4v) is 2.47. The van der Waals surface area contributed by atoms with E-state index in [4.69, 9.17) is 5.84 Å². The lowest BCUT2D eigenvalue weighted by molar-refractivity contribution is 0.491. The lowest BCUT2D eigenvalue weighted by Gasteiger charge is -2.15. The van der Waals surface area contributed by atoms with E-state index in [9.17, 15) is 0 Å². The van der Waals surface area contributed by atoms with Crippen molar-refractivity contribution >= 4 is 11.3 Å². The van der Waals surface area contributed by atoms with Gasteiger partial charge in [-0.3, -0.25) is 11.3 Å². The molecule has 0 aliphatic carbocycles. The summed E-state index contributed by atoms with van der Waals surface area (Å²) in [6.45, 7) is 0. The van der Waals surface area contributed by atoms with Crippen molar-refractivity contribution in [2.24, 2.45) is 12.9 Å². The minimum atomic E-state index is 0.160. The normalized spacial score (nSPS) is 12.9. The smallest absolute Gasteiger partial charge is 0.0946 e. The molecule has 2 aromatic rings. The van der Waals surface area contributed by atoms with Crippen LogP contribution in [0.2, 0.25) is 0 Å². The van der Waals surface area contributed by atoms with Gasteiger partial charge in [-0.05, 0) is 35.2 Å². The van der Waals surface area contributed by atoms with E-state index in [-0.39, 0.29) is 6.04 Å².